The minimum Gasteiger partial charge on any atom is -0.463 e. The maximum Gasteiger partial charge on any atom is 0.472 e. The van der Waals surface area contributed by atoms with Gasteiger partial charge in [0.1, 0.15) is 25.4 Å². The molecule has 16 nitrogen and oxygen atoms in total. The summed E-state index contributed by atoms with van der Waals surface area (Å²) >= 11 is 0. The van der Waals surface area contributed by atoms with Crippen LogP contribution in [-0.4, -0.2) is 95.9 Å². The third-order valence-corrected chi connectivity index (χ3v) is 20.4. The second kappa shape index (κ2) is 84.8. The number of carbonyl (C=O) groups is 3. The van der Waals surface area contributed by atoms with E-state index in [-0.39, 0.29) is 19.3 Å². The van der Waals surface area contributed by atoms with Gasteiger partial charge in [-0.15, -0.1) is 0 Å². The number of phosphoric acid groups is 2. The molecule has 0 amide bonds. The molecule has 0 radical (unpaired) electrons. The van der Waals surface area contributed by atoms with Crippen LogP contribution >= 0.6 is 15.6 Å². The van der Waals surface area contributed by atoms with Gasteiger partial charge in [-0.1, -0.05) is 353 Å². The molecule has 0 aromatic carbocycles. The van der Waals surface area contributed by atoms with Crippen LogP contribution in [0, 0.1) is 0 Å². The molecule has 0 fully saturated rings. The highest BCUT2D eigenvalue weighted by Crippen LogP contribution is 2.45. The summed E-state index contributed by atoms with van der Waals surface area (Å²) in [5.41, 5.74) is 0. The number of allylic oxidation sites excluding steroid dienone is 24. The minimum atomic E-state index is -4.94. The maximum absolute atomic E-state index is 13.0. The zero-order valence-corrected chi connectivity index (χ0v) is 71.9. The second-order valence-corrected chi connectivity index (χ2v) is 32.2. The van der Waals surface area contributed by atoms with Crippen molar-refractivity contribution in [3.63, 3.8) is 0 Å². The zero-order valence-electron chi connectivity index (χ0n) is 70.1. The Bertz CT molecular complexity index is 2600. The Morgan fingerprint density at radius 1 is 0.261 bits per heavy atom. The quantitative estimate of drug-likeness (QED) is 0.0146. The van der Waals surface area contributed by atoms with E-state index >= 15 is 0 Å². The fraction of sp³-hybridized carbons (Fsp3) is 0.710. The summed E-state index contributed by atoms with van der Waals surface area (Å²) < 4.78 is 61.3. The number of aliphatic hydroxyl groups excluding tert-OH is 2. The summed E-state index contributed by atoms with van der Waals surface area (Å²) in [4.78, 5) is 58.8. The predicted octanol–water partition coefficient (Wildman–Crippen LogP) is 26.8. The van der Waals surface area contributed by atoms with Gasteiger partial charge in [0.25, 0.3) is 0 Å². The molecule has 5 unspecified atom stereocenters. The van der Waals surface area contributed by atoms with Crippen LogP contribution in [0.15, 0.2) is 146 Å². The first-order valence-electron chi connectivity index (χ1n) is 44.1. The Morgan fingerprint density at radius 3 is 0.793 bits per heavy atom. The molecule has 0 aromatic rings. The Kier molecular flexibility index (Phi) is 81.3. The van der Waals surface area contributed by atoms with E-state index in [0.29, 0.717) is 19.3 Å². The minimum absolute atomic E-state index is 0.0863. The van der Waals surface area contributed by atoms with Crippen molar-refractivity contribution in [1.82, 2.24) is 0 Å². The maximum atomic E-state index is 13.0. The van der Waals surface area contributed by atoms with Gasteiger partial charge >= 0.3 is 33.6 Å². The number of ether oxygens (including phenoxy) is 3. The highest BCUT2D eigenvalue weighted by molar-refractivity contribution is 7.47. The normalized spacial score (nSPS) is 14.5. The van der Waals surface area contributed by atoms with Crippen molar-refractivity contribution in [2.24, 2.45) is 0 Å². The van der Waals surface area contributed by atoms with Crippen LogP contribution in [0.25, 0.3) is 0 Å². The highest BCUT2D eigenvalue weighted by Gasteiger charge is 2.29. The van der Waals surface area contributed by atoms with E-state index in [0.717, 1.165) is 161 Å². The van der Waals surface area contributed by atoms with Crippen LogP contribution in [0.3, 0.4) is 0 Å². The van der Waals surface area contributed by atoms with E-state index in [1.807, 2.05) is 0 Å². The first-order chi connectivity index (χ1) is 54.2. The average Bonchev–Trinajstić information content (AvgIpc) is 0.903. The largest absolute Gasteiger partial charge is 0.472 e. The number of hydrogen-bond donors (Lipinski definition) is 4. The zero-order chi connectivity index (χ0) is 80.8. The summed E-state index contributed by atoms with van der Waals surface area (Å²) in [5.74, 6) is -1.59. The number of hydrogen-bond acceptors (Lipinski definition) is 14. The molecule has 18 heteroatoms. The lowest BCUT2D eigenvalue weighted by Crippen LogP contribution is -2.30. The second-order valence-electron chi connectivity index (χ2n) is 29.3. The van der Waals surface area contributed by atoms with Crippen molar-refractivity contribution in [1.29, 1.82) is 0 Å². The molecular weight excluding hydrogens is 1430 g/mol. The van der Waals surface area contributed by atoms with Crippen molar-refractivity contribution >= 4 is 33.6 Å². The molecule has 0 bridgehead atoms. The van der Waals surface area contributed by atoms with Crippen molar-refractivity contribution in [3.8, 4) is 0 Å². The number of phosphoric ester groups is 2. The number of aliphatic hydroxyl groups is 2. The van der Waals surface area contributed by atoms with Crippen molar-refractivity contribution in [2.75, 3.05) is 39.6 Å². The third-order valence-electron chi connectivity index (χ3n) is 18.5. The van der Waals surface area contributed by atoms with Gasteiger partial charge in [-0.05, 0) is 141 Å². The molecule has 111 heavy (non-hydrogen) atoms. The van der Waals surface area contributed by atoms with E-state index in [4.69, 9.17) is 32.3 Å². The number of unbranched alkanes of at least 4 members (excludes halogenated alkanes) is 36. The molecule has 638 valence electrons. The van der Waals surface area contributed by atoms with Crippen molar-refractivity contribution in [2.45, 2.75) is 386 Å². The van der Waals surface area contributed by atoms with Gasteiger partial charge in [-0.2, -0.15) is 0 Å². The highest BCUT2D eigenvalue weighted by atomic mass is 31.2. The Hall–Kier alpha value is -4.57. The first-order valence-corrected chi connectivity index (χ1v) is 47.1. The lowest BCUT2D eigenvalue weighted by atomic mass is 10.0. The van der Waals surface area contributed by atoms with Gasteiger partial charge in [0.2, 0.25) is 0 Å². The molecule has 0 aliphatic carbocycles. The summed E-state index contributed by atoms with van der Waals surface area (Å²) in [6, 6.07) is 0. The van der Waals surface area contributed by atoms with Crippen LogP contribution in [-0.2, 0) is 55.8 Å². The molecule has 4 N–H and O–H groups in total. The Balaban J connectivity index is 4.40. The lowest BCUT2D eigenvalue weighted by Gasteiger charge is -2.21. The molecule has 0 aromatic heterocycles. The van der Waals surface area contributed by atoms with Crippen LogP contribution in [0.4, 0.5) is 0 Å². The van der Waals surface area contributed by atoms with Gasteiger partial charge in [0, 0.05) is 19.3 Å². The summed E-state index contributed by atoms with van der Waals surface area (Å²) in [5, 5.41) is 20.7. The molecule has 0 saturated heterocycles. The van der Waals surface area contributed by atoms with Gasteiger partial charge in [0.15, 0.2) is 6.10 Å². The standard InChI is InChI=1S/C93H160O16P2/c1-4-7-10-13-16-19-22-25-27-29-31-33-35-37-39-40-41-42-43-44-45-46-48-50-51-53-55-57-59-62-64-67-70-73-76-79-91(96)103-82-88(94)83-105-110(99,100)106-84-89(95)85-107-111(101,102)108-87-90(109-93(98)81-78-75-72-69-66-61-24-21-18-15-12-9-6-3)86-104-92(97)80-77-74-71-68-65-63-60-58-56-54-52-49-47-38-36-34-32-30-28-26-23-20-17-14-11-8-5-2/h7,10,12,15-17,19-21,24-28,31-34,37-39,41-42,47,88-90,94-95H,4-6,8-9,11,13-14,18,22-23,29-30,35-36,40,43-46,48-87H2,1-3H3,(H,99,100)(H,101,102)/b10-7-,15-12-,19-16-,20-17-,24-21-,27-25-,28-26-,33-31-,34-32-,39-37-,42-41-,47-38-. The molecule has 0 heterocycles. The Morgan fingerprint density at radius 2 is 0.495 bits per heavy atom. The summed E-state index contributed by atoms with van der Waals surface area (Å²) in [6.45, 7) is 2.49. The first kappa shape index (κ1) is 106. The molecule has 0 aliphatic heterocycles. The molecule has 0 saturated carbocycles. The fourth-order valence-corrected chi connectivity index (χ4v) is 13.4. The third kappa shape index (κ3) is 86.1. The van der Waals surface area contributed by atoms with E-state index in [2.05, 4.69) is 167 Å². The van der Waals surface area contributed by atoms with Gasteiger partial charge < -0.3 is 34.2 Å². The van der Waals surface area contributed by atoms with Crippen molar-refractivity contribution in [3.05, 3.63) is 146 Å². The number of carbonyl (C=O) groups excluding carboxylic acids is 3. The van der Waals surface area contributed by atoms with Crippen LogP contribution in [0.5, 0.6) is 0 Å². The molecule has 0 rings (SSSR count). The molecule has 0 spiro atoms. The summed E-state index contributed by atoms with van der Waals surface area (Å²) in [7, 11) is -9.80. The van der Waals surface area contributed by atoms with Crippen LogP contribution < -0.4 is 0 Å². The predicted molar refractivity (Wildman–Crippen MR) is 463 cm³/mol. The average molecular weight is 1600 g/mol. The molecule has 0 aliphatic rings. The van der Waals surface area contributed by atoms with Crippen LogP contribution in [0.1, 0.15) is 367 Å². The fourth-order valence-electron chi connectivity index (χ4n) is 11.8. The van der Waals surface area contributed by atoms with E-state index < -0.39 is 91.5 Å². The number of rotatable bonds is 83. The van der Waals surface area contributed by atoms with Gasteiger partial charge in [-0.3, -0.25) is 32.5 Å². The molecular formula is C93H160O16P2. The monoisotopic (exact) mass is 1600 g/mol. The number of esters is 3. The van der Waals surface area contributed by atoms with Crippen molar-refractivity contribution < 1.29 is 75.8 Å². The van der Waals surface area contributed by atoms with E-state index in [1.165, 1.54) is 148 Å². The summed E-state index contributed by atoms with van der Waals surface area (Å²) in [6.07, 6.45) is 106. The topological polar surface area (TPSA) is 231 Å². The van der Waals surface area contributed by atoms with E-state index in [9.17, 15) is 43.5 Å². The SMILES string of the molecule is CC/C=C\C/C=C\C/C=C\C/C=C\C/C=C\C/C=C\CCCCCCCCCCCCCCCCCCC(=O)OCC(O)COP(=O)(O)OCC(O)COP(=O)(O)OCC(COC(=O)CCCCCCCCCCCCC/C=C\C/C=C\C/C=C\C/C=C\CCCCC)OC(=O)CCCCCCC/C=C\C/C=C\CCC. The smallest absolute Gasteiger partial charge is 0.463 e. The van der Waals surface area contributed by atoms with Crippen LogP contribution in [0.2, 0.25) is 0 Å². The Labute approximate surface area is 677 Å². The van der Waals surface area contributed by atoms with Gasteiger partial charge in [0.05, 0.1) is 26.4 Å². The lowest BCUT2D eigenvalue weighted by molar-refractivity contribution is -0.161. The van der Waals surface area contributed by atoms with E-state index in [1.54, 1.807) is 0 Å². The molecule has 5 atom stereocenters. The van der Waals surface area contributed by atoms with Gasteiger partial charge in [-0.25, -0.2) is 9.13 Å².